The summed E-state index contributed by atoms with van der Waals surface area (Å²) in [4.78, 5) is 8.68. The van der Waals surface area contributed by atoms with Gasteiger partial charge in [-0.15, -0.1) is 0 Å². The molecule has 116 valence electrons. The first-order valence-corrected chi connectivity index (χ1v) is 7.69. The molecule has 1 aromatic heterocycles. The molecule has 2 rings (SSSR count). The third-order valence-electron chi connectivity index (χ3n) is 3.35. The summed E-state index contributed by atoms with van der Waals surface area (Å²) in [5.74, 6) is 1.98. The first kappa shape index (κ1) is 16.0. The summed E-state index contributed by atoms with van der Waals surface area (Å²) in [7, 11) is 0. The molecule has 0 spiro atoms. The molecule has 0 aliphatic heterocycles. The Hall–Kier alpha value is -2.36. The second-order valence-corrected chi connectivity index (χ2v) is 5.10. The summed E-state index contributed by atoms with van der Waals surface area (Å²) in [6.07, 6.45) is 5.49. The zero-order valence-corrected chi connectivity index (χ0v) is 13.2. The zero-order chi connectivity index (χ0) is 15.8. The number of benzene rings is 1. The van der Waals surface area contributed by atoms with Crippen LogP contribution in [-0.4, -0.2) is 16.5 Å². The lowest BCUT2D eigenvalue weighted by Crippen LogP contribution is -2.10. The molecule has 1 N–H and O–H groups in total. The maximum Gasteiger partial charge on any atom is 0.180 e. The van der Waals surface area contributed by atoms with Gasteiger partial charge in [-0.3, -0.25) is 0 Å². The van der Waals surface area contributed by atoms with Crippen molar-refractivity contribution in [3.63, 3.8) is 0 Å². The molecule has 1 heterocycles. The number of nitrogens with one attached hydrogen (secondary N) is 1. The van der Waals surface area contributed by atoms with Crippen molar-refractivity contribution in [2.75, 3.05) is 11.9 Å². The van der Waals surface area contributed by atoms with Crippen LogP contribution >= 0.6 is 0 Å². The van der Waals surface area contributed by atoms with Crippen molar-refractivity contribution in [1.29, 1.82) is 0 Å². The third-order valence-corrected chi connectivity index (χ3v) is 3.35. The Morgan fingerprint density at radius 3 is 2.77 bits per heavy atom. The topological polar surface area (TPSA) is 47.0 Å². The average molecular weight is 297 g/mol. The van der Waals surface area contributed by atoms with Gasteiger partial charge in [-0.2, -0.15) is 0 Å². The van der Waals surface area contributed by atoms with Gasteiger partial charge in [0.25, 0.3) is 0 Å². The zero-order valence-electron chi connectivity index (χ0n) is 13.2. The van der Waals surface area contributed by atoms with Gasteiger partial charge in [0.1, 0.15) is 6.10 Å². The monoisotopic (exact) mass is 297 g/mol. The van der Waals surface area contributed by atoms with Crippen LogP contribution in [-0.2, 0) is 0 Å². The van der Waals surface area contributed by atoms with Crippen molar-refractivity contribution in [3.05, 3.63) is 54.5 Å². The fourth-order valence-electron chi connectivity index (χ4n) is 2.06. The molecular formula is C18H23N3O. The maximum atomic E-state index is 6.04. The van der Waals surface area contributed by atoms with Crippen molar-refractivity contribution in [1.82, 2.24) is 9.97 Å². The van der Waals surface area contributed by atoms with Gasteiger partial charge in [0, 0.05) is 6.54 Å². The van der Waals surface area contributed by atoms with E-state index in [1.54, 1.807) is 12.3 Å². The van der Waals surface area contributed by atoms with Crippen LogP contribution in [0.3, 0.4) is 0 Å². The second kappa shape index (κ2) is 8.17. The summed E-state index contributed by atoms with van der Waals surface area (Å²) in [6, 6.07) is 10.1. The van der Waals surface area contributed by atoms with E-state index in [-0.39, 0.29) is 6.10 Å². The van der Waals surface area contributed by atoms with Crippen molar-refractivity contribution in [2.24, 2.45) is 0 Å². The molecular weight excluding hydrogens is 274 g/mol. The summed E-state index contributed by atoms with van der Waals surface area (Å²) >= 11 is 0. The highest BCUT2D eigenvalue weighted by Crippen LogP contribution is 2.27. The first-order chi connectivity index (χ1) is 10.7. The van der Waals surface area contributed by atoms with E-state index in [9.17, 15) is 0 Å². The number of nitrogens with zero attached hydrogens (tertiary/aromatic N) is 2. The summed E-state index contributed by atoms with van der Waals surface area (Å²) < 4.78 is 6.04. The molecule has 22 heavy (non-hydrogen) atoms. The fraction of sp³-hybridized carbons (Fsp3) is 0.333. The second-order valence-electron chi connectivity index (χ2n) is 5.10. The third kappa shape index (κ3) is 4.32. The van der Waals surface area contributed by atoms with Crippen molar-refractivity contribution in [2.45, 2.75) is 32.8 Å². The lowest BCUT2D eigenvalue weighted by molar-refractivity contribution is 0.226. The molecule has 4 heteroatoms. The van der Waals surface area contributed by atoms with Gasteiger partial charge >= 0.3 is 0 Å². The van der Waals surface area contributed by atoms with Crippen molar-refractivity contribution < 1.29 is 4.74 Å². The van der Waals surface area contributed by atoms with E-state index >= 15 is 0 Å². The number of unbranched alkanes of at least 4 members (excludes halogenated alkanes) is 1. The van der Waals surface area contributed by atoms with E-state index in [1.807, 2.05) is 37.3 Å². The molecule has 0 unspecified atom stereocenters. The lowest BCUT2D eigenvalue weighted by atomic mass is 10.1. The predicted octanol–water partition coefficient (Wildman–Crippen LogP) is 4.47. The van der Waals surface area contributed by atoms with E-state index in [2.05, 4.69) is 28.8 Å². The smallest absolute Gasteiger partial charge is 0.180 e. The van der Waals surface area contributed by atoms with Crippen LogP contribution in [0.1, 0.15) is 44.2 Å². The Bertz CT molecular complexity index is 599. The molecule has 1 atom stereocenters. The van der Waals surface area contributed by atoms with E-state index in [0.717, 1.165) is 30.8 Å². The largest absolute Gasteiger partial charge is 0.481 e. The van der Waals surface area contributed by atoms with Crippen molar-refractivity contribution in [3.8, 4) is 5.75 Å². The van der Waals surface area contributed by atoms with Crippen LogP contribution in [0.2, 0.25) is 0 Å². The molecule has 0 saturated carbocycles. The van der Waals surface area contributed by atoms with Crippen LogP contribution in [0.25, 0.3) is 6.08 Å². The number of hydrogen-bond donors (Lipinski definition) is 1. The minimum Gasteiger partial charge on any atom is -0.481 e. The average Bonchev–Trinajstić information content (AvgIpc) is 2.57. The number of aromatic nitrogens is 2. The molecule has 0 aliphatic carbocycles. The Morgan fingerprint density at radius 1 is 1.32 bits per heavy atom. The molecule has 0 bridgehead atoms. The maximum absolute atomic E-state index is 6.04. The van der Waals surface area contributed by atoms with E-state index < -0.39 is 0 Å². The van der Waals surface area contributed by atoms with E-state index in [0.29, 0.717) is 11.6 Å². The number of anilines is 1. The Kier molecular flexibility index (Phi) is 5.95. The first-order valence-electron chi connectivity index (χ1n) is 7.69. The lowest BCUT2D eigenvalue weighted by Gasteiger charge is -2.17. The fourth-order valence-corrected chi connectivity index (χ4v) is 2.06. The molecule has 0 saturated heterocycles. The van der Waals surface area contributed by atoms with Gasteiger partial charge in [-0.05, 0) is 25.0 Å². The molecule has 4 nitrogen and oxygen atoms in total. The molecule has 0 fully saturated rings. The van der Waals surface area contributed by atoms with Crippen LogP contribution < -0.4 is 10.1 Å². The highest BCUT2D eigenvalue weighted by atomic mass is 16.5. The molecule has 0 radical (unpaired) electrons. The van der Waals surface area contributed by atoms with Crippen LogP contribution in [0.5, 0.6) is 5.75 Å². The Labute approximate surface area is 132 Å². The molecule has 0 aliphatic rings. The van der Waals surface area contributed by atoms with Gasteiger partial charge in [-0.1, -0.05) is 50.3 Å². The van der Waals surface area contributed by atoms with Crippen molar-refractivity contribution >= 4 is 11.9 Å². The molecule has 1 aromatic carbocycles. The minimum atomic E-state index is -0.0638. The van der Waals surface area contributed by atoms with Gasteiger partial charge in [0.05, 0.1) is 6.20 Å². The van der Waals surface area contributed by atoms with Crippen LogP contribution in [0.15, 0.2) is 43.1 Å². The quantitative estimate of drug-likeness (QED) is 0.730. The standard InChI is InChI=1S/C18H23N3O/c1-4-6-12-19-18-16(13-20-17(5-2)21-18)22-14(3)15-10-8-7-9-11-15/h5,7-11,13-14H,2,4,6,12H2,1,3H3,(H,19,20,21)/t14-/m1/s1. The SMILES string of the molecule is C=Cc1ncc(O[C@H](C)c2ccccc2)c(NCCCC)n1. The summed E-state index contributed by atoms with van der Waals surface area (Å²) in [6.45, 7) is 8.75. The van der Waals surface area contributed by atoms with E-state index in [1.165, 1.54) is 0 Å². The molecule has 0 amide bonds. The Balaban J connectivity index is 2.16. The number of hydrogen-bond acceptors (Lipinski definition) is 4. The summed E-state index contributed by atoms with van der Waals surface area (Å²) in [5, 5.41) is 3.32. The minimum absolute atomic E-state index is 0.0638. The number of rotatable bonds is 8. The van der Waals surface area contributed by atoms with E-state index in [4.69, 9.17) is 4.74 Å². The van der Waals surface area contributed by atoms with Crippen LogP contribution in [0.4, 0.5) is 5.82 Å². The van der Waals surface area contributed by atoms with Gasteiger partial charge in [0.2, 0.25) is 0 Å². The Morgan fingerprint density at radius 2 is 2.09 bits per heavy atom. The van der Waals surface area contributed by atoms with Crippen LogP contribution in [0, 0.1) is 0 Å². The highest BCUT2D eigenvalue weighted by molar-refractivity contribution is 5.52. The normalized spacial score (nSPS) is 11.7. The summed E-state index contributed by atoms with van der Waals surface area (Å²) in [5.41, 5.74) is 1.12. The van der Waals surface area contributed by atoms with Gasteiger partial charge in [0.15, 0.2) is 17.4 Å². The van der Waals surface area contributed by atoms with Gasteiger partial charge in [-0.25, -0.2) is 9.97 Å². The highest BCUT2D eigenvalue weighted by Gasteiger charge is 2.12. The van der Waals surface area contributed by atoms with Gasteiger partial charge < -0.3 is 10.1 Å². The predicted molar refractivity (Wildman–Crippen MR) is 91.0 cm³/mol. The number of ether oxygens (including phenoxy) is 1. The molecule has 2 aromatic rings.